The van der Waals surface area contributed by atoms with Crippen molar-refractivity contribution >= 4 is 46.5 Å². The zero-order valence-electron chi connectivity index (χ0n) is 22.3. The van der Waals surface area contributed by atoms with Crippen LogP contribution in [0.2, 0.25) is 5.02 Å². The Labute approximate surface area is 232 Å². The fourth-order valence-corrected chi connectivity index (χ4v) is 6.81. The lowest BCUT2D eigenvalue weighted by atomic mass is 9.79. The van der Waals surface area contributed by atoms with Crippen LogP contribution in [0.3, 0.4) is 0 Å². The van der Waals surface area contributed by atoms with E-state index in [-0.39, 0.29) is 5.41 Å². The van der Waals surface area contributed by atoms with Crippen LogP contribution >= 0.6 is 23.8 Å². The summed E-state index contributed by atoms with van der Waals surface area (Å²) in [4.78, 5) is 14.8. The van der Waals surface area contributed by atoms with Crippen LogP contribution in [0.5, 0.6) is 0 Å². The van der Waals surface area contributed by atoms with Gasteiger partial charge in [0.1, 0.15) is 11.6 Å². The molecule has 2 atom stereocenters. The molecule has 2 aromatic rings. The third-order valence-corrected chi connectivity index (χ3v) is 9.07. The lowest BCUT2D eigenvalue weighted by Gasteiger charge is -2.36. The molecule has 0 radical (unpaired) electrons. The molecule has 5 rings (SSSR count). The van der Waals surface area contributed by atoms with E-state index in [0.717, 1.165) is 55.7 Å². The van der Waals surface area contributed by atoms with Crippen molar-refractivity contribution in [2.75, 3.05) is 41.3 Å². The minimum Gasteiger partial charge on any atom is -0.361 e. The summed E-state index contributed by atoms with van der Waals surface area (Å²) in [7, 11) is 0. The normalized spacial score (nSPS) is 23.6. The highest BCUT2D eigenvalue weighted by Crippen LogP contribution is 2.41. The molecule has 2 aliphatic heterocycles. The van der Waals surface area contributed by atoms with Gasteiger partial charge < -0.3 is 20.4 Å². The van der Waals surface area contributed by atoms with Crippen molar-refractivity contribution in [2.45, 2.75) is 83.1 Å². The second-order valence-electron chi connectivity index (χ2n) is 11.4. The first-order valence-corrected chi connectivity index (χ1v) is 14.9. The van der Waals surface area contributed by atoms with Gasteiger partial charge in [0.15, 0.2) is 5.11 Å². The van der Waals surface area contributed by atoms with Gasteiger partial charge in [-0.1, -0.05) is 43.5 Å². The Bertz CT molecular complexity index is 1090. The number of nitrogens with zero attached hydrogens (tertiary/aromatic N) is 4. The van der Waals surface area contributed by atoms with Gasteiger partial charge in [0.05, 0.1) is 0 Å². The van der Waals surface area contributed by atoms with E-state index >= 15 is 0 Å². The van der Waals surface area contributed by atoms with Gasteiger partial charge in [-0.2, -0.15) is 9.97 Å². The van der Waals surface area contributed by atoms with Crippen LogP contribution < -0.4 is 20.4 Å². The molecule has 3 aliphatic rings. The molecule has 1 saturated carbocycles. The average molecular weight is 541 g/mol. The molecule has 37 heavy (non-hydrogen) atoms. The molecule has 0 unspecified atom stereocenters. The van der Waals surface area contributed by atoms with Crippen molar-refractivity contribution in [2.24, 2.45) is 5.92 Å². The van der Waals surface area contributed by atoms with E-state index < -0.39 is 0 Å². The van der Waals surface area contributed by atoms with Gasteiger partial charge in [0.2, 0.25) is 5.95 Å². The van der Waals surface area contributed by atoms with Crippen molar-refractivity contribution in [1.29, 1.82) is 0 Å². The van der Waals surface area contributed by atoms with Gasteiger partial charge in [-0.15, -0.1) is 0 Å². The van der Waals surface area contributed by atoms with Crippen molar-refractivity contribution in [3.63, 3.8) is 0 Å². The molecule has 1 aliphatic carbocycles. The minimum atomic E-state index is 0.0533. The average Bonchev–Trinajstić information content (AvgIpc) is 3.38. The number of thiocarbonyl (C=S) groups is 1. The molecule has 0 spiro atoms. The smallest absolute Gasteiger partial charge is 0.232 e. The highest BCUT2D eigenvalue weighted by molar-refractivity contribution is 7.80. The number of hydrogen-bond acceptors (Lipinski definition) is 5. The molecule has 200 valence electrons. The van der Waals surface area contributed by atoms with E-state index in [2.05, 4.69) is 58.5 Å². The van der Waals surface area contributed by atoms with Crippen LogP contribution in [0.15, 0.2) is 30.3 Å². The van der Waals surface area contributed by atoms with Gasteiger partial charge >= 0.3 is 0 Å². The van der Waals surface area contributed by atoms with E-state index in [0.29, 0.717) is 23.0 Å². The number of anilines is 3. The van der Waals surface area contributed by atoms with Crippen molar-refractivity contribution in [3.05, 3.63) is 40.9 Å². The number of piperidine rings is 2. The number of benzene rings is 1. The van der Waals surface area contributed by atoms with Crippen molar-refractivity contribution in [1.82, 2.24) is 15.3 Å². The van der Waals surface area contributed by atoms with Gasteiger partial charge in [0, 0.05) is 48.7 Å². The summed E-state index contributed by atoms with van der Waals surface area (Å²) in [6, 6.07) is 11.0. The fraction of sp³-hybridized carbons (Fsp3) is 0.621. The van der Waals surface area contributed by atoms with Gasteiger partial charge in [-0.05, 0) is 87.7 Å². The van der Waals surface area contributed by atoms with E-state index in [1.807, 2.05) is 6.07 Å². The van der Waals surface area contributed by atoms with Crippen LogP contribution in [0.1, 0.15) is 77.2 Å². The first-order chi connectivity index (χ1) is 17.9. The summed E-state index contributed by atoms with van der Waals surface area (Å²) in [6.45, 7) is 8.53. The lowest BCUT2D eigenvalue weighted by molar-refractivity contribution is 0.435. The molecule has 1 aromatic carbocycles. The number of hydrogen-bond donors (Lipinski definition) is 2. The summed E-state index contributed by atoms with van der Waals surface area (Å²) in [5.74, 6) is 3.27. The molecule has 3 heterocycles. The molecule has 6 nitrogen and oxygen atoms in total. The lowest BCUT2D eigenvalue weighted by Crippen LogP contribution is -2.41. The third-order valence-electron chi connectivity index (χ3n) is 8.59. The summed E-state index contributed by atoms with van der Waals surface area (Å²) in [5.41, 5.74) is 1.35. The first kappa shape index (κ1) is 26.5. The molecule has 1 aromatic heterocycles. The molecule has 8 heteroatoms. The Kier molecular flexibility index (Phi) is 8.40. The summed E-state index contributed by atoms with van der Waals surface area (Å²) < 4.78 is 0. The Morgan fingerprint density at radius 2 is 1.84 bits per heavy atom. The zero-order valence-corrected chi connectivity index (χ0v) is 23.9. The number of nitrogens with one attached hydrogen (secondary N) is 2. The van der Waals surface area contributed by atoms with Gasteiger partial charge in [-0.3, -0.25) is 0 Å². The highest BCUT2D eigenvalue weighted by Gasteiger charge is 2.36. The van der Waals surface area contributed by atoms with E-state index in [9.17, 15) is 0 Å². The molecule has 3 fully saturated rings. The molecule has 0 amide bonds. The Morgan fingerprint density at radius 1 is 1.03 bits per heavy atom. The Morgan fingerprint density at radius 3 is 2.59 bits per heavy atom. The quantitative estimate of drug-likeness (QED) is 0.403. The van der Waals surface area contributed by atoms with E-state index in [4.69, 9.17) is 33.8 Å². The monoisotopic (exact) mass is 540 g/mol. The third kappa shape index (κ3) is 6.31. The Balaban J connectivity index is 1.34. The summed E-state index contributed by atoms with van der Waals surface area (Å²) in [6.07, 6.45) is 10.9. The molecule has 0 bridgehead atoms. The van der Waals surface area contributed by atoms with E-state index in [1.165, 1.54) is 50.5 Å². The van der Waals surface area contributed by atoms with Crippen LogP contribution in [0.4, 0.5) is 17.6 Å². The SMILES string of the molecule is C[C@@H]1CCCN(c2cc(N3CCCC[C@H]3C)nc(NC(=S)NCC3(c4cccc(Cl)c4)CCCC3)n2)C1. The summed E-state index contributed by atoms with van der Waals surface area (Å²) in [5, 5.41) is 8.24. The maximum atomic E-state index is 6.35. The Hall–Kier alpha value is -2.12. The van der Waals surface area contributed by atoms with Crippen LogP contribution in [0.25, 0.3) is 0 Å². The topological polar surface area (TPSA) is 56.3 Å². The zero-order chi connectivity index (χ0) is 25.8. The van der Waals surface area contributed by atoms with Crippen molar-refractivity contribution < 1.29 is 0 Å². The standard InChI is InChI=1S/C29H41ClN6S/c1-21-9-8-15-35(19-21)25-18-26(36-16-6-3-10-22(36)2)33-27(32-25)34-28(37)31-20-29(13-4-5-14-29)23-11-7-12-24(30)17-23/h7,11-12,17-18,21-22H,3-6,8-10,13-16,19-20H2,1-2H3,(H2,31,32,33,34,37)/t21-,22-/m1/s1. The fourth-order valence-electron chi connectivity index (χ4n) is 6.46. The molecule has 2 N–H and O–H groups in total. The predicted octanol–water partition coefficient (Wildman–Crippen LogP) is 6.54. The second-order valence-corrected chi connectivity index (χ2v) is 12.3. The maximum absolute atomic E-state index is 6.35. The van der Waals surface area contributed by atoms with Crippen molar-refractivity contribution in [3.8, 4) is 0 Å². The summed E-state index contributed by atoms with van der Waals surface area (Å²) >= 11 is 12.1. The van der Waals surface area contributed by atoms with Gasteiger partial charge in [-0.25, -0.2) is 0 Å². The molecular formula is C29H41ClN6S. The molecular weight excluding hydrogens is 500 g/mol. The molecule has 2 saturated heterocycles. The second kappa shape index (κ2) is 11.7. The first-order valence-electron chi connectivity index (χ1n) is 14.1. The largest absolute Gasteiger partial charge is 0.361 e. The maximum Gasteiger partial charge on any atom is 0.232 e. The number of halogens is 1. The van der Waals surface area contributed by atoms with Crippen LogP contribution in [0, 0.1) is 5.92 Å². The van der Waals surface area contributed by atoms with Crippen LogP contribution in [-0.4, -0.2) is 47.3 Å². The van der Waals surface area contributed by atoms with Gasteiger partial charge in [0.25, 0.3) is 0 Å². The van der Waals surface area contributed by atoms with Crippen LogP contribution in [-0.2, 0) is 5.41 Å². The number of aromatic nitrogens is 2. The minimum absolute atomic E-state index is 0.0533. The number of rotatable bonds is 6. The predicted molar refractivity (Wildman–Crippen MR) is 159 cm³/mol. The van der Waals surface area contributed by atoms with E-state index in [1.54, 1.807) is 0 Å². The highest BCUT2D eigenvalue weighted by atomic mass is 35.5.